The van der Waals surface area contributed by atoms with Gasteiger partial charge in [0.1, 0.15) is 6.10 Å². The molecule has 2 aromatic carbocycles. The van der Waals surface area contributed by atoms with Gasteiger partial charge in [-0.1, -0.05) is 60.7 Å². The Kier molecular flexibility index (Phi) is 6.41. The smallest absolute Gasteiger partial charge is 0.100 e. The van der Waals surface area contributed by atoms with E-state index in [-0.39, 0.29) is 19.3 Å². The van der Waals surface area contributed by atoms with Crippen LogP contribution in [-0.4, -0.2) is 35.6 Å². The van der Waals surface area contributed by atoms with Gasteiger partial charge in [-0.15, -0.1) is 0 Å². The fourth-order valence-electron chi connectivity index (χ4n) is 2.24. The molecular weight excluding hydrogens is 264 g/mol. The predicted octanol–water partition coefficient (Wildman–Crippen LogP) is 2.21. The van der Waals surface area contributed by atoms with Gasteiger partial charge in [0.25, 0.3) is 0 Å². The van der Waals surface area contributed by atoms with Crippen molar-refractivity contribution in [3.05, 3.63) is 71.8 Å². The van der Waals surface area contributed by atoms with Gasteiger partial charge in [-0.05, 0) is 24.0 Å². The van der Waals surface area contributed by atoms with E-state index in [1.165, 1.54) is 11.1 Å². The first-order valence-electron chi connectivity index (χ1n) is 7.26. The maximum absolute atomic E-state index is 9.46. The number of aliphatic hydroxyl groups excluding tert-OH is 2. The number of rotatable bonds is 8. The maximum Gasteiger partial charge on any atom is 0.100 e. The zero-order valence-corrected chi connectivity index (χ0v) is 12.1. The van der Waals surface area contributed by atoms with Gasteiger partial charge in [0.15, 0.2) is 0 Å². The highest BCUT2D eigenvalue weighted by atomic mass is 16.5. The van der Waals surface area contributed by atoms with Gasteiger partial charge >= 0.3 is 0 Å². The lowest BCUT2D eigenvalue weighted by molar-refractivity contribution is -0.0280. The molecule has 1 unspecified atom stereocenters. The first kappa shape index (κ1) is 15.7. The molecule has 0 aliphatic rings. The monoisotopic (exact) mass is 286 g/mol. The SMILES string of the molecule is OCC(O)COC(Cc1ccccc1)Cc1ccccc1. The normalized spacial score (nSPS) is 12.5. The van der Waals surface area contributed by atoms with Crippen LogP contribution in [0.2, 0.25) is 0 Å². The van der Waals surface area contributed by atoms with Crippen LogP contribution in [0.25, 0.3) is 0 Å². The third-order valence-corrected chi connectivity index (χ3v) is 3.35. The van der Waals surface area contributed by atoms with Crippen molar-refractivity contribution in [2.45, 2.75) is 25.0 Å². The lowest BCUT2D eigenvalue weighted by Crippen LogP contribution is -2.27. The number of hydrogen-bond donors (Lipinski definition) is 2. The van der Waals surface area contributed by atoms with Crippen molar-refractivity contribution in [2.24, 2.45) is 0 Å². The van der Waals surface area contributed by atoms with Crippen molar-refractivity contribution >= 4 is 0 Å². The van der Waals surface area contributed by atoms with E-state index in [0.29, 0.717) is 0 Å². The van der Waals surface area contributed by atoms with Crippen molar-refractivity contribution in [1.82, 2.24) is 0 Å². The lowest BCUT2D eigenvalue weighted by Gasteiger charge is -2.20. The summed E-state index contributed by atoms with van der Waals surface area (Å²) in [7, 11) is 0. The number of ether oxygens (including phenoxy) is 1. The number of hydrogen-bond acceptors (Lipinski definition) is 3. The van der Waals surface area contributed by atoms with Gasteiger partial charge in [-0.2, -0.15) is 0 Å². The van der Waals surface area contributed by atoms with Crippen LogP contribution in [0, 0.1) is 0 Å². The molecule has 2 N–H and O–H groups in total. The first-order chi connectivity index (χ1) is 10.3. The van der Waals surface area contributed by atoms with Gasteiger partial charge in [-0.3, -0.25) is 0 Å². The van der Waals surface area contributed by atoms with Crippen LogP contribution < -0.4 is 0 Å². The molecule has 2 rings (SSSR count). The summed E-state index contributed by atoms with van der Waals surface area (Å²) in [5.74, 6) is 0. The number of benzene rings is 2. The summed E-state index contributed by atoms with van der Waals surface area (Å²) in [6, 6.07) is 20.3. The van der Waals surface area contributed by atoms with Crippen molar-refractivity contribution < 1.29 is 14.9 Å². The van der Waals surface area contributed by atoms with Gasteiger partial charge in [0, 0.05) is 0 Å². The Morgan fingerprint density at radius 1 is 0.810 bits per heavy atom. The number of aliphatic hydroxyl groups is 2. The third-order valence-electron chi connectivity index (χ3n) is 3.35. The Hall–Kier alpha value is -1.68. The molecule has 1 atom stereocenters. The van der Waals surface area contributed by atoms with Gasteiger partial charge < -0.3 is 14.9 Å². The second-order valence-corrected chi connectivity index (χ2v) is 5.17. The van der Waals surface area contributed by atoms with Gasteiger partial charge in [0.2, 0.25) is 0 Å². The van der Waals surface area contributed by atoms with E-state index in [0.717, 1.165) is 12.8 Å². The Labute approximate surface area is 125 Å². The van der Waals surface area contributed by atoms with E-state index >= 15 is 0 Å². The Balaban J connectivity index is 1.99. The molecule has 0 bridgehead atoms. The molecule has 2 aromatic rings. The lowest BCUT2D eigenvalue weighted by atomic mass is 10.0. The van der Waals surface area contributed by atoms with E-state index in [4.69, 9.17) is 9.84 Å². The second kappa shape index (κ2) is 8.57. The summed E-state index contributed by atoms with van der Waals surface area (Å²) in [5, 5.41) is 18.4. The highest BCUT2D eigenvalue weighted by Crippen LogP contribution is 2.12. The molecule has 21 heavy (non-hydrogen) atoms. The average Bonchev–Trinajstić information content (AvgIpc) is 2.54. The Morgan fingerprint density at radius 3 is 1.71 bits per heavy atom. The van der Waals surface area contributed by atoms with Crippen LogP contribution >= 0.6 is 0 Å². The molecule has 3 heteroatoms. The molecule has 0 aromatic heterocycles. The van der Waals surface area contributed by atoms with Crippen molar-refractivity contribution in [1.29, 1.82) is 0 Å². The van der Waals surface area contributed by atoms with Crippen LogP contribution in [0.3, 0.4) is 0 Å². The first-order valence-corrected chi connectivity index (χ1v) is 7.26. The molecule has 0 aliphatic carbocycles. The molecular formula is C18H22O3. The van der Waals surface area contributed by atoms with Crippen molar-refractivity contribution in [2.75, 3.05) is 13.2 Å². The molecule has 112 valence electrons. The van der Waals surface area contributed by atoms with Crippen LogP contribution in [0.1, 0.15) is 11.1 Å². The zero-order valence-electron chi connectivity index (χ0n) is 12.1. The highest BCUT2D eigenvalue weighted by molar-refractivity contribution is 5.19. The molecule has 0 heterocycles. The molecule has 0 amide bonds. The van der Waals surface area contributed by atoms with Crippen LogP contribution in [0.15, 0.2) is 60.7 Å². The zero-order chi connectivity index (χ0) is 14.9. The largest absolute Gasteiger partial charge is 0.394 e. The second-order valence-electron chi connectivity index (χ2n) is 5.17. The van der Waals surface area contributed by atoms with E-state index in [9.17, 15) is 5.11 Å². The van der Waals surface area contributed by atoms with Gasteiger partial charge in [0.05, 0.1) is 19.3 Å². The summed E-state index contributed by atoms with van der Waals surface area (Å²) in [4.78, 5) is 0. The Bertz CT molecular complexity index is 457. The summed E-state index contributed by atoms with van der Waals surface area (Å²) in [6.07, 6.45) is 0.733. The fourth-order valence-corrected chi connectivity index (χ4v) is 2.24. The standard InChI is InChI=1S/C18H22O3/c19-13-17(20)14-21-18(11-15-7-3-1-4-8-15)12-16-9-5-2-6-10-16/h1-10,17-20H,11-14H2. The van der Waals surface area contributed by atoms with E-state index < -0.39 is 6.10 Å². The van der Waals surface area contributed by atoms with Crippen LogP contribution in [0.4, 0.5) is 0 Å². The minimum Gasteiger partial charge on any atom is -0.394 e. The van der Waals surface area contributed by atoms with Crippen LogP contribution in [0.5, 0.6) is 0 Å². The molecule has 0 fully saturated rings. The average molecular weight is 286 g/mol. The van der Waals surface area contributed by atoms with E-state index in [2.05, 4.69) is 24.3 Å². The predicted molar refractivity (Wildman–Crippen MR) is 83.1 cm³/mol. The summed E-state index contributed by atoms with van der Waals surface area (Å²) in [6.45, 7) is -0.121. The summed E-state index contributed by atoms with van der Waals surface area (Å²) in [5.41, 5.74) is 2.41. The molecule has 0 aliphatic heterocycles. The van der Waals surface area contributed by atoms with Crippen molar-refractivity contribution in [3.63, 3.8) is 0 Å². The summed E-state index contributed by atoms with van der Waals surface area (Å²) >= 11 is 0. The minimum atomic E-state index is -0.820. The third kappa shape index (κ3) is 5.68. The molecule has 3 nitrogen and oxygen atoms in total. The molecule has 0 saturated heterocycles. The van der Waals surface area contributed by atoms with E-state index in [1.807, 2.05) is 36.4 Å². The molecule has 0 spiro atoms. The Morgan fingerprint density at radius 2 is 1.29 bits per heavy atom. The quantitative estimate of drug-likeness (QED) is 0.782. The fraction of sp³-hybridized carbons (Fsp3) is 0.333. The van der Waals surface area contributed by atoms with E-state index in [1.54, 1.807) is 0 Å². The van der Waals surface area contributed by atoms with Gasteiger partial charge in [-0.25, -0.2) is 0 Å². The summed E-state index contributed by atoms with van der Waals surface area (Å²) < 4.78 is 5.79. The molecule has 0 radical (unpaired) electrons. The molecule has 0 saturated carbocycles. The van der Waals surface area contributed by atoms with Crippen LogP contribution in [-0.2, 0) is 17.6 Å². The minimum absolute atomic E-state index is 0.0176. The highest BCUT2D eigenvalue weighted by Gasteiger charge is 2.13. The van der Waals surface area contributed by atoms with Crippen molar-refractivity contribution in [3.8, 4) is 0 Å². The maximum atomic E-state index is 9.46. The topological polar surface area (TPSA) is 49.7 Å².